The molecule has 2 rings (SSSR count). The van der Waals surface area contributed by atoms with Crippen LogP contribution in [0.2, 0.25) is 0 Å². The van der Waals surface area contributed by atoms with E-state index in [4.69, 9.17) is 0 Å². The molecule has 0 unspecified atom stereocenters. The van der Waals surface area contributed by atoms with Crippen molar-refractivity contribution in [1.29, 1.82) is 0 Å². The molecule has 2 heterocycles. The van der Waals surface area contributed by atoms with Gasteiger partial charge in [0.05, 0.1) is 0 Å². The van der Waals surface area contributed by atoms with Crippen molar-refractivity contribution in [3.05, 3.63) is 30.4 Å². The van der Waals surface area contributed by atoms with Crippen LogP contribution in [0.15, 0.2) is 29.4 Å². The molecule has 0 saturated heterocycles. The summed E-state index contributed by atoms with van der Waals surface area (Å²) in [5.41, 5.74) is 1.21. The number of rotatable bonds is 2. The van der Waals surface area contributed by atoms with Crippen LogP contribution >= 0.6 is 0 Å². The average molecular weight is 189 g/mol. The fourth-order valence-electron chi connectivity index (χ4n) is 1.05. The Morgan fingerprint density at radius 1 is 1.43 bits per heavy atom. The molecule has 0 spiro atoms. The van der Waals surface area contributed by atoms with Gasteiger partial charge in [0.15, 0.2) is 5.78 Å². The average Bonchev–Trinajstić information content (AvgIpc) is 2.71. The van der Waals surface area contributed by atoms with Crippen LogP contribution in [0.25, 0.3) is 11.4 Å². The summed E-state index contributed by atoms with van der Waals surface area (Å²) in [6.45, 7) is 1.48. The zero-order valence-corrected chi connectivity index (χ0v) is 7.47. The maximum Gasteiger partial charge on any atom is 0.214 e. The molecule has 2 aromatic rings. The van der Waals surface area contributed by atoms with E-state index in [0.717, 1.165) is 0 Å². The number of carbonyl (C=O) groups excluding carboxylic acids is 1. The maximum atomic E-state index is 11.1. The fourth-order valence-corrected chi connectivity index (χ4v) is 1.05. The third-order valence-electron chi connectivity index (χ3n) is 1.76. The van der Waals surface area contributed by atoms with E-state index < -0.39 is 0 Å². The van der Waals surface area contributed by atoms with Gasteiger partial charge in [-0.15, -0.1) is 0 Å². The monoisotopic (exact) mass is 189 g/mol. The number of ketones is 1. The minimum absolute atomic E-state index is 0.0390. The molecule has 0 radical (unpaired) electrons. The van der Waals surface area contributed by atoms with E-state index in [1.165, 1.54) is 19.5 Å². The Morgan fingerprint density at radius 2 is 2.29 bits per heavy atom. The van der Waals surface area contributed by atoms with Gasteiger partial charge in [0.25, 0.3) is 0 Å². The number of nitrogens with zero attached hydrogens (tertiary/aromatic N) is 3. The first kappa shape index (κ1) is 8.55. The number of hydrogen-bond acceptors (Lipinski definition) is 5. The van der Waals surface area contributed by atoms with Gasteiger partial charge in [0.1, 0.15) is 0 Å². The Bertz CT molecular complexity index is 451. The fraction of sp³-hybridized carbons (Fsp3) is 0.111. The Kier molecular flexibility index (Phi) is 2.06. The predicted octanol–water partition coefficient (Wildman–Crippen LogP) is 1.33. The number of Topliss-reactive ketones (excluding diaryl/α,β-unsaturated/α-hetero) is 1. The van der Waals surface area contributed by atoms with Gasteiger partial charge in [-0.05, 0) is 13.0 Å². The molecule has 0 bridgehead atoms. The van der Waals surface area contributed by atoms with Crippen molar-refractivity contribution in [3.8, 4) is 11.4 Å². The molecule has 0 amide bonds. The molecule has 2 aromatic heterocycles. The summed E-state index contributed by atoms with van der Waals surface area (Å²) >= 11 is 0. The van der Waals surface area contributed by atoms with Crippen LogP contribution in [-0.4, -0.2) is 20.9 Å². The maximum absolute atomic E-state index is 11.1. The van der Waals surface area contributed by atoms with Crippen molar-refractivity contribution in [1.82, 2.24) is 15.1 Å². The SMILES string of the molecule is CC(=O)c1cncc(-c2ncon2)c1. The summed E-state index contributed by atoms with van der Waals surface area (Å²) in [6, 6.07) is 1.68. The van der Waals surface area contributed by atoms with E-state index in [1.807, 2.05) is 0 Å². The number of aromatic nitrogens is 3. The molecule has 0 saturated carbocycles. The van der Waals surface area contributed by atoms with Crippen molar-refractivity contribution in [2.45, 2.75) is 6.92 Å². The van der Waals surface area contributed by atoms with Gasteiger partial charge in [-0.2, -0.15) is 4.98 Å². The number of pyridine rings is 1. The van der Waals surface area contributed by atoms with Gasteiger partial charge in [-0.25, -0.2) is 0 Å². The van der Waals surface area contributed by atoms with Gasteiger partial charge >= 0.3 is 0 Å². The van der Waals surface area contributed by atoms with E-state index in [2.05, 4.69) is 19.6 Å². The second-order valence-electron chi connectivity index (χ2n) is 2.77. The molecular weight excluding hydrogens is 182 g/mol. The molecule has 14 heavy (non-hydrogen) atoms. The molecule has 0 atom stereocenters. The lowest BCUT2D eigenvalue weighted by atomic mass is 10.1. The summed E-state index contributed by atoms with van der Waals surface area (Å²) in [4.78, 5) is 18.8. The molecule has 0 aliphatic carbocycles. The van der Waals surface area contributed by atoms with Crippen LogP contribution in [-0.2, 0) is 0 Å². The second kappa shape index (κ2) is 3.37. The highest BCUT2D eigenvalue weighted by atomic mass is 16.5. The zero-order valence-electron chi connectivity index (χ0n) is 7.47. The van der Waals surface area contributed by atoms with Crippen molar-refractivity contribution >= 4 is 5.78 Å². The molecule has 70 valence electrons. The van der Waals surface area contributed by atoms with Crippen molar-refractivity contribution < 1.29 is 9.32 Å². The smallest absolute Gasteiger partial charge is 0.214 e. The summed E-state index contributed by atoms with van der Waals surface area (Å²) in [5, 5.41) is 3.65. The third kappa shape index (κ3) is 1.52. The molecule has 5 heteroatoms. The number of hydrogen-bond donors (Lipinski definition) is 0. The third-order valence-corrected chi connectivity index (χ3v) is 1.76. The topological polar surface area (TPSA) is 68.9 Å². The standard InChI is InChI=1S/C9H7N3O2/c1-6(13)7-2-8(4-10-3-7)9-11-5-14-12-9/h2-5H,1H3. The van der Waals surface area contributed by atoms with Crippen LogP contribution < -0.4 is 0 Å². The Morgan fingerprint density at radius 3 is 2.93 bits per heavy atom. The lowest BCUT2D eigenvalue weighted by Crippen LogP contribution is -1.94. The van der Waals surface area contributed by atoms with Gasteiger partial charge < -0.3 is 4.52 Å². The van der Waals surface area contributed by atoms with Gasteiger partial charge in [0.2, 0.25) is 12.2 Å². The Balaban J connectivity index is 2.46. The number of carbonyl (C=O) groups is 1. The van der Waals surface area contributed by atoms with Crippen LogP contribution in [0.4, 0.5) is 0 Å². The molecule has 0 fully saturated rings. The molecule has 0 aromatic carbocycles. The summed E-state index contributed by atoms with van der Waals surface area (Å²) in [5.74, 6) is 0.392. The Hall–Kier alpha value is -2.04. The first-order valence-corrected chi connectivity index (χ1v) is 4.00. The van der Waals surface area contributed by atoms with Crippen molar-refractivity contribution in [3.63, 3.8) is 0 Å². The lowest BCUT2D eigenvalue weighted by molar-refractivity contribution is 0.101. The molecular formula is C9H7N3O2. The molecule has 0 aliphatic heterocycles. The van der Waals surface area contributed by atoms with Crippen LogP contribution in [0.5, 0.6) is 0 Å². The van der Waals surface area contributed by atoms with Gasteiger partial charge in [0, 0.05) is 23.5 Å². The van der Waals surface area contributed by atoms with Crippen LogP contribution in [0.3, 0.4) is 0 Å². The van der Waals surface area contributed by atoms with E-state index in [-0.39, 0.29) is 5.78 Å². The quantitative estimate of drug-likeness (QED) is 0.666. The zero-order chi connectivity index (χ0) is 9.97. The summed E-state index contributed by atoms with van der Waals surface area (Å²) < 4.78 is 4.60. The second-order valence-corrected chi connectivity index (χ2v) is 2.77. The van der Waals surface area contributed by atoms with E-state index >= 15 is 0 Å². The van der Waals surface area contributed by atoms with Gasteiger partial charge in [-0.3, -0.25) is 9.78 Å². The predicted molar refractivity (Wildman–Crippen MR) is 47.5 cm³/mol. The molecule has 0 aliphatic rings. The molecule has 0 N–H and O–H groups in total. The van der Waals surface area contributed by atoms with Gasteiger partial charge in [-0.1, -0.05) is 5.16 Å². The van der Waals surface area contributed by atoms with Crippen LogP contribution in [0.1, 0.15) is 17.3 Å². The highest BCUT2D eigenvalue weighted by molar-refractivity contribution is 5.94. The first-order valence-electron chi connectivity index (χ1n) is 4.00. The largest absolute Gasteiger partial charge is 0.342 e. The lowest BCUT2D eigenvalue weighted by Gasteiger charge is -1.96. The van der Waals surface area contributed by atoms with Crippen molar-refractivity contribution in [2.75, 3.05) is 0 Å². The van der Waals surface area contributed by atoms with E-state index in [0.29, 0.717) is 17.0 Å². The van der Waals surface area contributed by atoms with E-state index in [1.54, 1.807) is 12.3 Å². The highest BCUT2D eigenvalue weighted by Gasteiger charge is 2.06. The Labute approximate surface area is 79.8 Å². The minimum Gasteiger partial charge on any atom is -0.342 e. The van der Waals surface area contributed by atoms with Crippen molar-refractivity contribution in [2.24, 2.45) is 0 Å². The summed E-state index contributed by atoms with van der Waals surface area (Å²) in [7, 11) is 0. The summed E-state index contributed by atoms with van der Waals surface area (Å²) in [6.07, 6.45) is 4.32. The normalized spacial score (nSPS) is 10.1. The molecule has 5 nitrogen and oxygen atoms in total. The minimum atomic E-state index is -0.0390. The highest BCUT2D eigenvalue weighted by Crippen LogP contribution is 2.14. The van der Waals surface area contributed by atoms with Crippen LogP contribution in [0, 0.1) is 0 Å². The van der Waals surface area contributed by atoms with E-state index in [9.17, 15) is 4.79 Å². The first-order chi connectivity index (χ1) is 6.77.